The van der Waals surface area contributed by atoms with Gasteiger partial charge < -0.3 is 9.84 Å². The van der Waals surface area contributed by atoms with Gasteiger partial charge in [0, 0.05) is 20.1 Å². The van der Waals surface area contributed by atoms with Crippen molar-refractivity contribution >= 4 is 0 Å². The lowest BCUT2D eigenvalue weighted by Crippen LogP contribution is -2.09. The molecule has 0 saturated carbocycles. The normalized spacial score (nSPS) is 12.5. The molecule has 0 radical (unpaired) electrons. The van der Waals surface area contributed by atoms with E-state index < -0.39 is 0 Å². The summed E-state index contributed by atoms with van der Waals surface area (Å²) >= 11 is 0. The van der Waals surface area contributed by atoms with Gasteiger partial charge in [-0.15, -0.1) is 12.3 Å². The summed E-state index contributed by atoms with van der Waals surface area (Å²) in [5, 5.41) is 8.47. The molecule has 2 nitrogen and oxygen atoms in total. The molecule has 58 valence electrons. The molecule has 2 heteroatoms. The summed E-state index contributed by atoms with van der Waals surface area (Å²) in [6.07, 6.45) is 7.45. The number of ether oxygens (including phenoxy) is 1. The Morgan fingerprint density at radius 1 is 1.70 bits per heavy atom. The lowest BCUT2D eigenvalue weighted by atomic mass is 10.1. The molecule has 0 aromatic rings. The molecule has 0 rings (SSSR count). The molecule has 0 spiro atoms. The van der Waals surface area contributed by atoms with Crippen LogP contribution in [0, 0.1) is 12.3 Å². The van der Waals surface area contributed by atoms with Crippen LogP contribution >= 0.6 is 0 Å². The van der Waals surface area contributed by atoms with Crippen molar-refractivity contribution in [2.45, 2.75) is 25.4 Å². The zero-order valence-corrected chi connectivity index (χ0v) is 6.34. The maximum absolute atomic E-state index is 8.47. The van der Waals surface area contributed by atoms with Crippen LogP contribution in [0.2, 0.25) is 0 Å². The predicted molar refractivity (Wildman–Crippen MR) is 40.6 cm³/mol. The lowest BCUT2D eigenvalue weighted by Gasteiger charge is -2.09. The Labute approximate surface area is 62.2 Å². The molecular weight excluding hydrogens is 128 g/mol. The van der Waals surface area contributed by atoms with E-state index in [1.54, 1.807) is 7.11 Å². The molecule has 1 unspecified atom stereocenters. The van der Waals surface area contributed by atoms with Crippen molar-refractivity contribution in [2.24, 2.45) is 0 Å². The number of aliphatic hydroxyl groups excluding tert-OH is 1. The van der Waals surface area contributed by atoms with E-state index in [9.17, 15) is 0 Å². The van der Waals surface area contributed by atoms with E-state index in [2.05, 4.69) is 5.92 Å². The molecular formula is C8H14O2. The topological polar surface area (TPSA) is 29.5 Å². The molecule has 0 aliphatic heterocycles. The van der Waals surface area contributed by atoms with Gasteiger partial charge in [0.15, 0.2) is 0 Å². The van der Waals surface area contributed by atoms with E-state index in [0.29, 0.717) is 6.42 Å². The third-order valence-electron chi connectivity index (χ3n) is 1.36. The van der Waals surface area contributed by atoms with Gasteiger partial charge in [0.05, 0.1) is 6.10 Å². The molecule has 10 heavy (non-hydrogen) atoms. The van der Waals surface area contributed by atoms with E-state index >= 15 is 0 Å². The van der Waals surface area contributed by atoms with E-state index in [1.807, 2.05) is 0 Å². The molecule has 0 saturated heterocycles. The van der Waals surface area contributed by atoms with Crippen LogP contribution in [0.3, 0.4) is 0 Å². The molecule has 0 heterocycles. The maximum Gasteiger partial charge on any atom is 0.0681 e. The molecule has 1 N–H and O–H groups in total. The first-order valence-corrected chi connectivity index (χ1v) is 3.42. The first kappa shape index (κ1) is 9.48. The highest BCUT2D eigenvalue weighted by Crippen LogP contribution is 2.03. The van der Waals surface area contributed by atoms with Crippen molar-refractivity contribution < 1.29 is 9.84 Å². The molecule has 0 fully saturated rings. The molecule has 0 amide bonds. The van der Waals surface area contributed by atoms with Gasteiger partial charge in [-0.25, -0.2) is 0 Å². The minimum atomic E-state index is 0.122. The summed E-state index contributed by atoms with van der Waals surface area (Å²) in [6, 6.07) is 0. The van der Waals surface area contributed by atoms with Crippen molar-refractivity contribution in [2.75, 3.05) is 13.7 Å². The van der Waals surface area contributed by atoms with Gasteiger partial charge in [-0.05, 0) is 12.8 Å². The Morgan fingerprint density at radius 3 is 2.80 bits per heavy atom. The van der Waals surface area contributed by atoms with Crippen LogP contribution in [0.15, 0.2) is 0 Å². The maximum atomic E-state index is 8.47. The number of rotatable bonds is 5. The van der Waals surface area contributed by atoms with Crippen LogP contribution in [0.4, 0.5) is 0 Å². The van der Waals surface area contributed by atoms with Gasteiger partial charge in [0.1, 0.15) is 0 Å². The minimum absolute atomic E-state index is 0.122. The van der Waals surface area contributed by atoms with E-state index in [-0.39, 0.29) is 12.7 Å². The monoisotopic (exact) mass is 142 g/mol. The fourth-order valence-corrected chi connectivity index (χ4v) is 0.754. The quantitative estimate of drug-likeness (QED) is 0.575. The summed E-state index contributed by atoms with van der Waals surface area (Å²) in [6.45, 7) is 0.213. The van der Waals surface area contributed by atoms with Gasteiger partial charge in [-0.2, -0.15) is 0 Å². The fourth-order valence-electron chi connectivity index (χ4n) is 0.754. The zero-order valence-electron chi connectivity index (χ0n) is 6.34. The second-order valence-electron chi connectivity index (χ2n) is 2.13. The largest absolute Gasteiger partial charge is 0.396 e. The highest BCUT2D eigenvalue weighted by atomic mass is 16.5. The first-order chi connectivity index (χ1) is 4.85. The average Bonchev–Trinajstić information content (AvgIpc) is 1.98. The van der Waals surface area contributed by atoms with E-state index in [0.717, 1.165) is 12.8 Å². The van der Waals surface area contributed by atoms with Crippen LogP contribution in [0.25, 0.3) is 0 Å². The molecule has 0 aromatic carbocycles. The van der Waals surface area contributed by atoms with Gasteiger partial charge in [-0.1, -0.05) is 0 Å². The van der Waals surface area contributed by atoms with Crippen molar-refractivity contribution in [3.05, 3.63) is 0 Å². The highest BCUT2D eigenvalue weighted by Gasteiger charge is 2.03. The van der Waals surface area contributed by atoms with Crippen molar-refractivity contribution in [1.82, 2.24) is 0 Å². The number of terminal acetylenes is 1. The van der Waals surface area contributed by atoms with Crippen LogP contribution in [0.5, 0.6) is 0 Å². The SMILES string of the molecule is C#CCC(CCCO)OC. The summed E-state index contributed by atoms with van der Waals surface area (Å²) in [4.78, 5) is 0. The second-order valence-corrected chi connectivity index (χ2v) is 2.13. The molecule has 0 aliphatic carbocycles. The third kappa shape index (κ3) is 4.37. The molecule has 1 atom stereocenters. The summed E-state index contributed by atoms with van der Waals surface area (Å²) < 4.78 is 5.04. The van der Waals surface area contributed by atoms with Gasteiger partial charge in [0.2, 0.25) is 0 Å². The Bertz CT molecular complexity index is 104. The summed E-state index contributed by atoms with van der Waals surface area (Å²) in [5.74, 6) is 2.52. The van der Waals surface area contributed by atoms with Gasteiger partial charge in [-0.3, -0.25) is 0 Å². The van der Waals surface area contributed by atoms with Crippen LogP contribution in [0.1, 0.15) is 19.3 Å². The van der Waals surface area contributed by atoms with Crippen molar-refractivity contribution in [1.29, 1.82) is 0 Å². The Kier molecular flexibility index (Phi) is 6.25. The van der Waals surface area contributed by atoms with Crippen LogP contribution < -0.4 is 0 Å². The zero-order chi connectivity index (χ0) is 7.82. The Hall–Kier alpha value is -0.520. The average molecular weight is 142 g/mol. The Balaban J connectivity index is 3.32. The standard InChI is InChI=1S/C8H14O2/c1-3-5-8(10-2)6-4-7-9/h1,8-9H,4-7H2,2H3. The van der Waals surface area contributed by atoms with Gasteiger partial charge in [0.25, 0.3) is 0 Å². The minimum Gasteiger partial charge on any atom is -0.396 e. The van der Waals surface area contributed by atoms with Crippen molar-refractivity contribution in [3.8, 4) is 12.3 Å². The fraction of sp³-hybridized carbons (Fsp3) is 0.750. The lowest BCUT2D eigenvalue weighted by molar-refractivity contribution is 0.0920. The van der Waals surface area contributed by atoms with E-state index in [1.165, 1.54) is 0 Å². The number of aliphatic hydroxyl groups is 1. The molecule has 0 aromatic heterocycles. The first-order valence-electron chi connectivity index (χ1n) is 3.42. The highest BCUT2D eigenvalue weighted by molar-refractivity contribution is 4.87. The van der Waals surface area contributed by atoms with E-state index in [4.69, 9.17) is 16.3 Å². The second kappa shape index (κ2) is 6.60. The van der Waals surface area contributed by atoms with Crippen LogP contribution in [-0.2, 0) is 4.74 Å². The van der Waals surface area contributed by atoms with Crippen molar-refractivity contribution in [3.63, 3.8) is 0 Å². The van der Waals surface area contributed by atoms with Gasteiger partial charge >= 0.3 is 0 Å². The summed E-state index contributed by atoms with van der Waals surface area (Å²) in [7, 11) is 1.64. The molecule has 0 aliphatic rings. The third-order valence-corrected chi connectivity index (χ3v) is 1.36. The summed E-state index contributed by atoms with van der Waals surface area (Å²) in [5.41, 5.74) is 0. The predicted octanol–water partition coefficient (Wildman–Crippen LogP) is 0.797. The number of hydrogen-bond donors (Lipinski definition) is 1. The number of hydrogen-bond acceptors (Lipinski definition) is 2. The van der Waals surface area contributed by atoms with Crippen LogP contribution in [-0.4, -0.2) is 24.9 Å². The Morgan fingerprint density at radius 2 is 2.40 bits per heavy atom. The molecule has 0 bridgehead atoms. The number of methoxy groups -OCH3 is 1. The smallest absolute Gasteiger partial charge is 0.0681 e.